The van der Waals surface area contributed by atoms with E-state index in [1.54, 1.807) is 0 Å². The van der Waals surface area contributed by atoms with E-state index in [1.807, 2.05) is 0 Å². The van der Waals surface area contributed by atoms with Crippen molar-refractivity contribution in [2.75, 3.05) is 7.11 Å². The molecule has 0 aliphatic heterocycles. The van der Waals surface area contributed by atoms with E-state index in [0.717, 1.165) is 6.07 Å². The normalized spacial score (nSPS) is 10.5. The Morgan fingerprint density at radius 2 is 2.27 bits per heavy atom. The summed E-state index contributed by atoms with van der Waals surface area (Å²) < 4.78 is 29.5. The summed E-state index contributed by atoms with van der Waals surface area (Å²) in [6.07, 6.45) is -3.01. The third-order valence-corrected chi connectivity index (χ3v) is 2.14. The van der Waals surface area contributed by atoms with Gasteiger partial charge < -0.3 is 4.74 Å². The van der Waals surface area contributed by atoms with Gasteiger partial charge in [0.1, 0.15) is 4.60 Å². The Morgan fingerprint density at radius 1 is 1.67 bits per heavy atom. The Balaban J connectivity index is 3.39. The van der Waals surface area contributed by atoms with Gasteiger partial charge in [-0.3, -0.25) is 10.1 Å². The van der Waals surface area contributed by atoms with Gasteiger partial charge >= 0.3 is 0 Å². The largest absolute Gasteiger partial charge is 0.494 e. The summed E-state index contributed by atoms with van der Waals surface area (Å²) in [5.74, 6) is 0.0334. The van der Waals surface area contributed by atoms with Crippen molar-refractivity contribution in [3.63, 3.8) is 0 Å². The summed E-state index contributed by atoms with van der Waals surface area (Å²) in [4.78, 5) is 12.9. The molecule has 0 radical (unpaired) electrons. The Labute approximate surface area is 91.3 Å². The van der Waals surface area contributed by atoms with Gasteiger partial charge in [-0.15, -0.1) is 0 Å². The number of pyridine rings is 1. The predicted octanol–water partition coefficient (Wildman–Crippen LogP) is 2.70. The first kappa shape index (κ1) is 11.8. The molecule has 0 atom stereocenters. The second-order valence-electron chi connectivity index (χ2n) is 2.44. The van der Waals surface area contributed by atoms with E-state index in [0.29, 0.717) is 0 Å². The van der Waals surface area contributed by atoms with Crippen molar-refractivity contribution in [2.45, 2.75) is 6.43 Å². The van der Waals surface area contributed by atoms with Gasteiger partial charge in [0.2, 0.25) is 0 Å². The molecule has 1 heterocycles. The number of hydrogen-bond acceptors (Lipinski definition) is 4. The minimum Gasteiger partial charge on any atom is -0.494 e. The zero-order chi connectivity index (χ0) is 11.6. The Kier molecular flexibility index (Phi) is 3.51. The fourth-order valence-corrected chi connectivity index (χ4v) is 1.39. The smallest absolute Gasteiger partial charge is 0.300 e. The average Bonchev–Trinajstić information content (AvgIpc) is 2.16. The molecular formula is C7H5BrF2N2O3. The second kappa shape index (κ2) is 4.47. The van der Waals surface area contributed by atoms with Crippen LogP contribution in [0.3, 0.4) is 0 Å². The lowest BCUT2D eigenvalue weighted by molar-refractivity contribution is -0.386. The van der Waals surface area contributed by atoms with E-state index in [-0.39, 0.29) is 10.4 Å². The number of ether oxygens (including phenoxy) is 1. The van der Waals surface area contributed by atoms with Crippen molar-refractivity contribution in [3.05, 3.63) is 26.5 Å². The van der Waals surface area contributed by atoms with E-state index in [2.05, 4.69) is 20.9 Å². The molecule has 0 bridgehead atoms. The highest BCUT2D eigenvalue weighted by atomic mass is 79.9. The van der Waals surface area contributed by atoms with Crippen LogP contribution in [-0.4, -0.2) is 17.0 Å². The molecule has 0 saturated carbocycles. The lowest BCUT2D eigenvalue weighted by atomic mass is 10.3. The summed E-state index contributed by atoms with van der Waals surface area (Å²) in [7, 11) is 1.26. The number of rotatable bonds is 3. The first-order valence-corrected chi connectivity index (χ1v) is 4.43. The highest BCUT2D eigenvalue weighted by molar-refractivity contribution is 9.10. The third-order valence-electron chi connectivity index (χ3n) is 1.58. The molecule has 82 valence electrons. The maximum Gasteiger partial charge on any atom is 0.300 e. The molecule has 0 amide bonds. The zero-order valence-electron chi connectivity index (χ0n) is 7.41. The van der Waals surface area contributed by atoms with Crippen molar-refractivity contribution < 1.29 is 18.4 Å². The van der Waals surface area contributed by atoms with Crippen LogP contribution in [0.4, 0.5) is 14.5 Å². The quantitative estimate of drug-likeness (QED) is 0.486. The average molecular weight is 283 g/mol. The molecule has 0 aromatic carbocycles. The van der Waals surface area contributed by atoms with Gasteiger partial charge in [0.15, 0.2) is 11.4 Å². The van der Waals surface area contributed by atoms with Gasteiger partial charge in [-0.1, -0.05) is 0 Å². The van der Waals surface area contributed by atoms with Gasteiger partial charge in [-0.05, 0) is 15.9 Å². The van der Waals surface area contributed by atoms with Crippen LogP contribution in [0.1, 0.15) is 12.1 Å². The number of nitro groups is 1. The van der Waals surface area contributed by atoms with Crippen LogP contribution < -0.4 is 4.74 Å². The van der Waals surface area contributed by atoms with Crippen molar-refractivity contribution in [1.29, 1.82) is 0 Å². The van der Waals surface area contributed by atoms with Gasteiger partial charge in [-0.2, -0.15) is 0 Å². The van der Waals surface area contributed by atoms with Crippen LogP contribution in [0.25, 0.3) is 0 Å². The van der Waals surface area contributed by atoms with Crippen molar-refractivity contribution >= 4 is 21.6 Å². The SMILES string of the molecule is COc1cc([N+](=O)[O-])c(C(F)F)nc1Br. The highest BCUT2D eigenvalue weighted by Crippen LogP contribution is 2.34. The standard InChI is InChI=1S/C7H5BrF2N2O3/c1-15-4-2-3(12(13)14)5(7(9)10)11-6(4)8/h2,7H,1H3. The molecule has 0 unspecified atom stereocenters. The number of halogens is 3. The number of hydrogen-bond donors (Lipinski definition) is 0. The van der Waals surface area contributed by atoms with Crippen LogP contribution in [0, 0.1) is 10.1 Å². The first-order chi connectivity index (χ1) is 6.97. The third kappa shape index (κ3) is 2.38. The molecule has 0 fully saturated rings. The van der Waals surface area contributed by atoms with Crippen LogP contribution in [0.15, 0.2) is 10.7 Å². The van der Waals surface area contributed by atoms with Crippen LogP contribution in [0.2, 0.25) is 0 Å². The summed E-state index contributed by atoms with van der Waals surface area (Å²) in [6, 6.07) is 0.901. The molecule has 0 spiro atoms. The van der Waals surface area contributed by atoms with Crippen LogP contribution in [0.5, 0.6) is 5.75 Å². The number of methoxy groups -OCH3 is 1. The summed E-state index contributed by atoms with van der Waals surface area (Å²) >= 11 is 2.87. The minimum atomic E-state index is -3.01. The summed E-state index contributed by atoms with van der Waals surface area (Å²) in [5, 5.41) is 10.5. The second-order valence-corrected chi connectivity index (χ2v) is 3.19. The molecule has 1 aromatic rings. The number of aromatic nitrogens is 1. The topological polar surface area (TPSA) is 65.3 Å². The molecular weight excluding hydrogens is 278 g/mol. The molecule has 1 rings (SSSR count). The molecule has 8 heteroatoms. The van der Waals surface area contributed by atoms with E-state index in [4.69, 9.17) is 4.74 Å². The molecule has 15 heavy (non-hydrogen) atoms. The lowest BCUT2D eigenvalue weighted by Gasteiger charge is -2.05. The van der Waals surface area contributed by atoms with E-state index in [9.17, 15) is 18.9 Å². The maximum atomic E-state index is 12.4. The zero-order valence-corrected chi connectivity index (χ0v) is 8.99. The van der Waals surface area contributed by atoms with Gasteiger partial charge in [0.05, 0.1) is 18.1 Å². The summed E-state index contributed by atoms with van der Waals surface area (Å²) in [5.41, 5.74) is -1.64. The lowest BCUT2D eigenvalue weighted by Crippen LogP contribution is -2.01. The van der Waals surface area contributed by atoms with Gasteiger partial charge in [-0.25, -0.2) is 13.8 Å². The van der Waals surface area contributed by atoms with Gasteiger partial charge in [0, 0.05) is 0 Å². The number of nitrogens with zero attached hydrogens (tertiary/aromatic N) is 2. The van der Waals surface area contributed by atoms with E-state index >= 15 is 0 Å². The Bertz CT molecular complexity index is 400. The Hall–Kier alpha value is -1.31. The number of alkyl halides is 2. The van der Waals surface area contributed by atoms with E-state index in [1.165, 1.54) is 7.11 Å². The first-order valence-electron chi connectivity index (χ1n) is 3.64. The van der Waals surface area contributed by atoms with Crippen LogP contribution in [-0.2, 0) is 0 Å². The van der Waals surface area contributed by atoms with Crippen LogP contribution >= 0.6 is 15.9 Å². The maximum absolute atomic E-state index is 12.4. The predicted molar refractivity (Wildman–Crippen MR) is 50.1 cm³/mol. The van der Waals surface area contributed by atoms with Crippen molar-refractivity contribution in [2.24, 2.45) is 0 Å². The fraction of sp³-hybridized carbons (Fsp3) is 0.286. The molecule has 0 aliphatic rings. The molecule has 1 aromatic heterocycles. The molecule has 5 nitrogen and oxygen atoms in total. The monoisotopic (exact) mass is 282 g/mol. The molecule has 0 saturated heterocycles. The minimum absolute atomic E-state index is 0.00546. The molecule has 0 N–H and O–H groups in total. The van der Waals surface area contributed by atoms with Crippen molar-refractivity contribution in [1.82, 2.24) is 4.98 Å². The fourth-order valence-electron chi connectivity index (χ4n) is 0.926. The van der Waals surface area contributed by atoms with Crippen molar-refractivity contribution in [3.8, 4) is 5.75 Å². The Morgan fingerprint density at radius 3 is 2.67 bits per heavy atom. The van der Waals surface area contributed by atoms with Gasteiger partial charge in [0.25, 0.3) is 12.1 Å². The highest BCUT2D eigenvalue weighted by Gasteiger charge is 2.26. The summed E-state index contributed by atoms with van der Waals surface area (Å²) in [6.45, 7) is 0. The molecule has 0 aliphatic carbocycles. The van der Waals surface area contributed by atoms with E-state index < -0.39 is 22.7 Å².